The molecule has 0 fully saturated rings. The third-order valence-corrected chi connectivity index (χ3v) is 7.23. The summed E-state index contributed by atoms with van der Waals surface area (Å²) in [6.07, 6.45) is 1.43. The largest absolute Gasteiger partial charge is 0.372 e. The molecule has 2 heterocycles. The van der Waals surface area contributed by atoms with Gasteiger partial charge in [-0.25, -0.2) is 0 Å². The second-order valence-corrected chi connectivity index (χ2v) is 9.48. The van der Waals surface area contributed by atoms with Crippen LogP contribution in [0.1, 0.15) is 60.6 Å². The average molecular weight is 415 g/mol. The Hall–Kier alpha value is -2.85. The zero-order valence-electron chi connectivity index (χ0n) is 17.3. The fraction of sp³-hybridized carbons (Fsp3) is 0.269. The van der Waals surface area contributed by atoms with Crippen molar-refractivity contribution >= 4 is 28.5 Å². The lowest BCUT2D eigenvalue weighted by Gasteiger charge is -2.29. The van der Waals surface area contributed by atoms with Crippen molar-refractivity contribution in [3.8, 4) is 0 Å². The van der Waals surface area contributed by atoms with Gasteiger partial charge in [-0.05, 0) is 47.0 Å². The number of carbonyl (C=O) groups is 1. The summed E-state index contributed by atoms with van der Waals surface area (Å²) in [4.78, 5) is 14.8. The lowest BCUT2D eigenvalue weighted by Crippen LogP contribution is -2.26. The fourth-order valence-corrected chi connectivity index (χ4v) is 5.37. The monoisotopic (exact) mass is 414 g/mol. The van der Waals surface area contributed by atoms with E-state index >= 15 is 0 Å². The van der Waals surface area contributed by atoms with Crippen LogP contribution < -0.4 is 10.6 Å². The number of benzene rings is 2. The molecule has 30 heavy (non-hydrogen) atoms. The van der Waals surface area contributed by atoms with Crippen LogP contribution in [-0.2, 0) is 4.79 Å². The maximum Gasteiger partial charge on any atom is 0.163 e. The van der Waals surface area contributed by atoms with E-state index in [9.17, 15) is 4.79 Å². The Morgan fingerprint density at radius 1 is 0.933 bits per heavy atom. The molecule has 2 atom stereocenters. The number of thiophene rings is 1. The summed E-state index contributed by atoms with van der Waals surface area (Å²) >= 11 is 1.74. The average Bonchev–Trinajstić information content (AvgIpc) is 3.23. The highest BCUT2D eigenvalue weighted by atomic mass is 32.1. The number of nitrogens with one attached hydrogen (secondary N) is 2. The molecule has 0 saturated heterocycles. The summed E-state index contributed by atoms with van der Waals surface area (Å²) in [6.45, 7) is 4.41. The molecule has 0 unspecified atom stereocenters. The van der Waals surface area contributed by atoms with Crippen LogP contribution in [0, 0.1) is 0 Å². The Morgan fingerprint density at radius 3 is 2.40 bits per heavy atom. The van der Waals surface area contributed by atoms with Gasteiger partial charge in [0.2, 0.25) is 0 Å². The minimum atomic E-state index is -0.144. The molecule has 0 spiro atoms. The first-order valence-corrected chi connectivity index (χ1v) is 11.5. The molecule has 0 saturated carbocycles. The van der Waals surface area contributed by atoms with Crippen LogP contribution in [-0.4, -0.2) is 5.78 Å². The van der Waals surface area contributed by atoms with Crippen LogP contribution in [0.5, 0.6) is 0 Å². The van der Waals surface area contributed by atoms with Gasteiger partial charge in [0.1, 0.15) is 0 Å². The third kappa shape index (κ3) is 3.46. The number of hydrogen-bond donors (Lipinski definition) is 2. The molecule has 2 N–H and O–H groups in total. The molecule has 4 heteroatoms. The van der Waals surface area contributed by atoms with Gasteiger partial charge in [-0.2, -0.15) is 0 Å². The van der Waals surface area contributed by atoms with Crippen LogP contribution in [0.15, 0.2) is 77.3 Å². The first kappa shape index (κ1) is 19.1. The van der Waals surface area contributed by atoms with Gasteiger partial charge in [0.05, 0.1) is 17.4 Å². The van der Waals surface area contributed by atoms with Crippen molar-refractivity contribution in [3.63, 3.8) is 0 Å². The van der Waals surface area contributed by atoms with Gasteiger partial charge in [-0.3, -0.25) is 4.79 Å². The van der Waals surface area contributed by atoms with Crippen molar-refractivity contribution in [3.05, 3.63) is 93.3 Å². The summed E-state index contributed by atoms with van der Waals surface area (Å²) in [5, 5.41) is 9.38. The predicted octanol–water partition coefficient (Wildman–Crippen LogP) is 6.85. The molecule has 152 valence electrons. The van der Waals surface area contributed by atoms with Crippen molar-refractivity contribution in [1.82, 2.24) is 0 Å². The number of fused-ring (bicyclic) bond motifs is 1. The van der Waals surface area contributed by atoms with E-state index in [2.05, 4.69) is 78.4 Å². The Bertz CT molecular complexity index is 1100. The van der Waals surface area contributed by atoms with E-state index in [0.717, 1.165) is 34.6 Å². The molecule has 1 aliphatic heterocycles. The van der Waals surface area contributed by atoms with Crippen molar-refractivity contribution in [2.24, 2.45) is 0 Å². The molecule has 1 aliphatic carbocycles. The molecule has 3 aromatic rings. The van der Waals surface area contributed by atoms with E-state index in [1.54, 1.807) is 11.3 Å². The predicted molar refractivity (Wildman–Crippen MR) is 125 cm³/mol. The van der Waals surface area contributed by atoms with Gasteiger partial charge in [0.25, 0.3) is 0 Å². The molecule has 5 rings (SSSR count). The summed E-state index contributed by atoms with van der Waals surface area (Å²) < 4.78 is 0. The molecule has 2 aromatic carbocycles. The molecular weight excluding hydrogens is 388 g/mol. The molecular formula is C26H26N2OS. The van der Waals surface area contributed by atoms with Crippen LogP contribution in [0.2, 0.25) is 0 Å². The van der Waals surface area contributed by atoms with Gasteiger partial charge in [0, 0.05) is 28.5 Å². The maximum atomic E-state index is 13.5. The molecule has 0 radical (unpaired) electrons. The van der Waals surface area contributed by atoms with Crippen LogP contribution in [0.25, 0.3) is 0 Å². The number of carbonyl (C=O) groups excluding carboxylic acids is 1. The summed E-state index contributed by atoms with van der Waals surface area (Å²) in [5.74, 6) is 0.972. The lowest BCUT2D eigenvalue weighted by molar-refractivity contribution is -0.116. The van der Waals surface area contributed by atoms with Crippen molar-refractivity contribution < 1.29 is 4.79 Å². The second-order valence-electron chi connectivity index (χ2n) is 8.51. The number of Topliss-reactive ketones (excluding diaryl/α,β-unsaturated/α-hetero) is 1. The van der Waals surface area contributed by atoms with Crippen LogP contribution >= 0.6 is 11.3 Å². The highest BCUT2D eigenvalue weighted by molar-refractivity contribution is 7.10. The van der Waals surface area contributed by atoms with Gasteiger partial charge in [-0.1, -0.05) is 56.3 Å². The van der Waals surface area contributed by atoms with E-state index in [-0.39, 0.29) is 17.7 Å². The minimum Gasteiger partial charge on any atom is -0.372 e. The van der Waals surface area contributed by atoms with Crippen molar-refractivity contribution in [1.29, 1.82) is 0 Å². The van der Waals surface area contributed by atoms with Gasteiger partial charge in [0.15, 0.2) is 5.78 Å². The number of anilines is 2. The van der Waals surface area contributed by atoms with E-state index < -0.39 is 0 Å². The Labute approximate surface area is 181 Å². The topological polar surface area (TPSA) is 41.1 Å². The van der Waals surface area contributed by atoms with Crippen molar-refractivity contribution in [2.45, 2.75) is 44.6 Å². The normalized spacial score (nSPS) is 20.8. The minimum absolute atomic E-state index is 0.144. The third-order valence-electron chi connectivity index (χ3n) is 6.19. The number of para-hydroxylation sites is 2. The van der Waals surface area contributed by atoms with E-state index in [1.165, 1.54) is 10.4 Å². The zero-order chi connectivity index (χ0) is 20.7. The quantitative estimate of drug-likeness (QED) is 0.492. The highest BCUT2D eigenvalue weighted by Gasteiger charge is 2.36. The Morgan fingerprint density at radius 2 is 1.70 bits per heavy atom. The van der Waals surface area contributed by atoms with E-state index in [0.29, 0.717) is 12.3 Å². The van der Waals surface area contributed by atoms with Crippen molar-refractivity contribution in [2.75, 3.05) is 10.6 Å². The lowest BCUT2D eigenvalue weighted by atomic mass is 9.80. The van der Waals surface area contributed by atoms with E-state index in [1.807, 2.05) is 12.1 Å². The fourth-order valence-electron chi connectivity index (χ4n) is 4.54. The molecule has 3 nitrogen and oxygen atoms in total. The molecule has 1 aromatic heterocycles. The molecule has 2 aliphatic rings. The number of allylic oxidation sites excluding steroid dienone is 1. The summed E-state index contributed by atoms with van der Waals surface area (Å²) in [5.41, 5.74) is 6.45. The summed E-state index contributed by atoms with van der Waals surface area (Å²) in [7, 11) is 0. The van der Waals surface area contributed by atoms with Crippen LogP contribution in [0.3, 0.4) is 0 Å². The number of ketones is 1. The van der Waals surface area contributed by atoms with Gasteiger partial charge >= 0.3 is 0 Å². The van der Waals surface area contributed by atoms with Gasteiger partial charge in [-0.15, -0.1) is 11.3 Å². The number of hydrogen-bond acceptors (Lipinski definition) is 4. The molecule has 0 bridgehead atoms. The van der Waals surface area contributed by atoms with E-state index in [4.69, 9.17) is 0 Å². The number of rotatable bonds is 3. The SMILES string of the molecule is CC(C)c1ccc([C@@H]2Nc3ccccc3NC3=C2C(=O)C[C@H](c2cccs2)C3)cc1. The van der Waals surface area contributed by atoms with Crippen LogP contribution in [0.4, 0.5) is 11.4 Å². The maximum absolute atomic E-state index is 13.5. The Kier molecular flexibility index (Phi) is 4.95. The highest BCUT2D eigenvalue weighted by Crippen LogP contribution is 2.44. The zero-order valence-corrected chi connectivity index (χ0v) is 18.1. The smallest absolute Gasteiger partial charge is 0.163 e. The molecule has 0 amide bonds. The van der Waals surface area contributed by atoms with Gasteiger partial charge < -0.3 is 10.6 Å². The summed E-state index contributed by atoms with van der Waals surface area (Å²) in [6, 6.07) is 21.0. The first-order chi connectivity index (χ1) is 14.6. The first-order valence-electron chi connectivity index (χ1n) is 10.6. The second kappa shape index (κ2) is 7.77. The Balaban J connectivity index is 1.59. The standard InChI is InChI=1S/C26H26N2OS/c1-16(2)17-9-11-18(12-10-17)26-25-22(27-20-6-3-4-7-21(20)28-26)14-19(15-23(25)29)24-8-5-13-30-24/h3-13,16,19,26-28H,14-15H2,1-2H3/t19-,26+/m1/s1.